The summed E-state index contributed by atoms with van der Waals surface area (Å²) in [5.74, 6) is 0.958. The number of benzene rings is 1. The lowest BCUT2D eigenvalue weighted by atomic mass is 10.1. The second-order valence-corrected chi connectivity index (χ2v) is 4.14. The molecule has 0 unspecified atom stereocenters. The number of ketones is 1. The van der Waals surface area contributed by atoms with Crippen LogP contribution in [0.5, 0.6) is 5.75 Å². The largest absolute Gasteiger partial charge is 0.494 e. The molecule has 0 fully saturated rings. The number of rotatable bonds is 6. The quantitative estimate of drug-likeness (QED) is 0.572. The van der Waals surface area contributed by atoms with Crippen LogP contribution >= 0.6 is 23.2 Å². The lowest BCUT2D eigenvalue weighted by molar-refractivity contribution is 0.0989. The predicted octanol–water partition coefficient (Wildman–Crippen LogP) is 3.94. The summed E-state index contributed by atoms with van der Waals surface area (Å²) in [6.45, 7) is 2.67. The van der Waals surface area contributed by atoms with E-state index in [1.54, 1.807) is 18.2 Å². The topological polar surface area (TPSA) is 26.3 Å². The summed E-state index contributed by atoms with van der Waals surface area (Å²) in [5.41, 5.74) is 0.506. The number of halogens is 2. The summed E-state index contributed by atoms with van der Waals surface area (Å²) in [5, 5.41) is 0.420. The molecular formula is C12H14Cl2O2. The molecular weight excluding hydrogens is 247 g/mol. The molecule has 88 valence electrons. The van der Waals surface area contributed by atoms with Crippen LogP contribution in [0.3, 0.4) is 0 Å². The predicted molar refractivity (Wildman–Crippen MR) is 66.9 cm³/mol. The van der Waals surface area contributed by atoms with Crippen molar-refractivity contribution in [3.05, 3.63) is 28.8 Å². The molecule has 0 spiro atoms. The number of hydrogen-bond donors (Lipinski definition) is 0. The molecule has 1 aromatic carbocycles. The van der Waals surface area contributed by atoms with E-state index in [1.807, 2.05) is 6.92 Å². The number of carbonyl (C=O) groups is 1. The van der Waals surface area contributed by atoms with Crippen molar-refractivity contribution in [2.24, 2.45) is 0 Å². The Morgan fingerprint density at radius 1 is 1.44 bits per heavy atom. The Balaban J connectivity index is 2.78. The standard InChI is InChI=1S/C12H14Cl2O2/c1-2-7-16-9-3-4-10(11(14)8-9)12(15)5-6-13/h3-4,8H,2,5-7H2,1H3. The van der Waals surface area contributed by atoms with Gasteiger partial charge in [-0.15, -0.1) is 11.6 Å². The summed E-state index contributed by atoms with van der Waals surface area (Å²) in [6, 6.07) is 5.10. The van der Waals surface area contributed by atoms with Crippen LogP contribution in [0.15, 0.2) is 18.2 Å². The highest BCUT2D eigenvalue weighted by Crippen LogP contribution is 2.23. The van der Waals surface area contributed by atoms with E-state index in [0.29, 0.717) is 35.2 Å². The summed E-state index contributed by atoms with van der Waals surface area (Å²) in [6.07, 6.45) is 1.24. The molecule has 0 N–H and O–H groups in total. The number of hydrogen-bond acceptors (Lipinski definition) is 2. The van der Waals surface area contributed by atoms with Crippen molar-refractivity contribution < 1.29 is 9.53 Å². The Hall–Kier alpha value is -0.730. The second-order valence-electron chi connectivity index (χ2n) is 3.35. The molecule has 0 amide bonds. The molecule has 2 nitrogen and oxygen atoms in total. The van der Waals surface area contributed by atoms with Gasteiger partial charge in [-0.2, -0.15) is 0 Å². The van der Waals surface area contributed by atoms with Gasteiger partial charge in [-0.25, -0.2) is 0 Å². The van der Waals surface area contributed by atoms with Crippen LogP contribution in [0.25, 0.3) is 0 Å². The first-order valence-corrected chi connectivity index (χ1v) is 6.11. The Bertz CT molecular complexity index is 364. The van der Waals surface area contributed by atoms with Crippen LogP contribution in [0.2, 0.25) is 5.02 Å². The van der Waals surface area contributed by atoms with Crippen molar-refractivity contribution in [1.29, 1.82) is 0 Å². The molecule has 0 atom stereocenters. The zero-order valence-corrected chi connectivity index (χ0v) is 10.6. The average molecular weight is 261 g/mol. The Morgan fingerprint density at radius 3 is 2.75 bits per heavy atom. The first-order chi connectivity index (χ1) is 7.69. The number of ether oxygens (including phenoxy) is 1. The van der Waals surface area contributed by atoms with Gasteiger partial charge in [0, 0.05) is 17.9 Å². The molecule has 0 radical (unpaired) electrons. The zero-order chi connectivity index (χ0) is 12.0. The van der Waals surface area contributed by atoms with E-state index in [1.165, 1.54) is 0 Å². The maximum absolute atomic E-state index is 11.6. The van der Waals surface area contributed by atoms with Gasteiger partial charge in [0.05, 0.1) is 11.6 Å². The fraction of sp³-hybridized carbons (Fsp3) is 0.417. The summed E-state index contributed by atoms with van der Waals surface area (Å²) < 4.78 is 5.41. The van der Waals surface area contributed by atoms with E-state index >= 15 is 0 Å². The molecule has 16 heavy (non-hydrogen) atoms. The fourth-order valence-corrected chi connectivity index (χ4v) is 1.70. The molecule has 0 aliphatic carbocycles. The van der Waals surface area contributed by atoms with E-state index in [4.69, 9.17) is 27.9 Å². The van der Waals surface area contributed by atoms with Gasteiger partial charge in [-0.1, -0.05) is 18.5 Å². The summed E-state index contributed by atoms with van der Waals surface area (Å²) in [7, 11) is 0. The summed E-state index contributed by atoms with van der Waals surface area (Å²) >= 11 is 11.5. The van der Waals surface area contributed by atoms with Gasteiger partial charge >= 0.3 is 0 Å². The lowest BCUT2D eigenvalue weighted by Gasteiger charge is -2.07. The van der Waals surface area contributed by atoms with Crippen LogP contribution in [0, 0.1) is 0 Å². The van der Waals surface area contributed by atoms with Crippen LogP contribution in [-0.2, 0) is 0 Å². The zero-order valence-electron chi connectivity index (χ0n) is 9.13. The molecule has 0 bridgehead atoms. The Morgan fingerprint density at radius 2 is 2.19 bits per heavy atom. The van der Waals surface area contributed by atoms with Gasteiger partial charge < -0.3 is 4.74 Å². The van der Waals surface area contributed by atoms with Crippen LogP contribution in [0.1, 0.15) is 30.1 Å². The summed E-state index contributed by atoms with van der Waals surface area (Å²) in [4.78, 5) is 11.6. The highest BCUT2D eigenvalue weighted by Gasteiger charge is 2.10. The Labute approximate surface area is 106 Å². The minimum atomic E-state index is -0.0398. The van der Waals surface area contributed by atoms with Gasteiger partial charge in [0.1, 0.15) is 5.75 Å². The fourth-order valence-electron chi connectivity index (χ4n) is 1.25. The SMILES string of the molecule is CCCOc1ccc(C(=O)CCCl)c(Cl)c1. The van der Waals surface area contributed by atoms with E-state index in [-0.39, 0.29) is 5.78 Å². The van der Waals surface area contributed by atoms with Gasteiger partial charge in [-0.05, 0) is 24.6 Å². The smallest absolute Gasteiger partial charge is 0.165 e. The molecule has 0 heterocycles. The molecule has 0 aliphatic rings. The van der Waals surface area contributed by atoms with E-state index < -0.39 is 0 Å². The van der Waals surface area contributed by atoms with Gasteiger partial charge in [0.2, 0.25) is 0 Å². The third kappa shape index (κ3) is 3.69. The van der Waals surface area contributed by atoms with Crippen molar-refractivity contribution in [2.45, 2.75) is 19.8 Å². The van der Waals surface area contributed by atoms with Crippen molar-refractivity contribution >= 4 is 29.0 Å². The normalized spacial score (nSPS) is 10.2. The monoisotopic (exact) mass is 260 g/mol. The van der Waals surface area contributed by atoms with Crippen molar-refractivity contribution in [2.75, 3.05) is 12.5 Å². The van der Waals surface area contributed by atoms with Crippen LogP contribution in [0.4, 0.5) is 0 Å². The second kappa shape index (κ2) is 6.77. The number of carbonyl (C=O) groups excluding carboxylic acids is 1. The molecule has 1 aromatic rings. The van der Waals surface area contributed by atoms with Crippen LogP contribution < -0.4 is 4.74 Å². The average Bonchev–Trinajstić information content (AvgIpc) is 2.26. The first kappa shape index (κ1) is 13.3. The molecule has 0 saturated heterocycles. The minimum Gasteiger partial charge on any atom is -0.494 e. The van der Waals surface area contributed by atoms with Crippen molar-refractivity contribution in [1.82, 2.24) is 0 Å². The molecule has 0 aliphatic heterocycles. The Kier molecular flexibility index (Phi) is 5.64. The molecule has 1 rings (SSSR count). The third-order valence-corrected chi connectivity index (χ3v) is 2.54. The van der Waals surface area contributed by atoms with E-state index in [9.17, 15) is 4.79 Å². The maximum Gasteiger partial charge on any atom is 0.165 e. The maximum atomic E-state index is 11.6. The van der Waals surface area contributed by atoms with Crippen molar-refractivity contribution in [3.8, 4) is 5.75 Å². The third-order valence-electron chi connectivity index (χ3n) is 2.04. The molecule has 4 heteroatoms. The van der Waals surface area contributed by atoms with Gasteiger partial charge in [-0.3, -0.25) is 4.79 Å². The first-order valence-electron chi connectivity index (χ1n) is 5.20. The van der Waals surface area contributed by atoms with Crippen molar-refractivity contribution in [3.63, 3.8) is 0 Å². The van der Waals surface area contributed by atoms with E-state index in [2.05, 4.69) is 0 Å². The lowest BCUT2D eigenvalue weighted by Crippen LogP contribution is -2.01. The molecule has 0 saturated carbocycles. The highest BCUT2D eigenvalue weighted by atomic mass is 35.5. The van der Waals surface area contributed by atoms with Gasteiger partial charge in [0.15, 0.2) is 5.78 Å². The van der Waals surface area contributed by atoms with E-state index in [0.717, 1.165) is 6.42 Å². The number of Topliss-reactive ketones (excluding diaryl/α,β-unsaturated/α-hetero) is 1. The highest BCUT2D eigenvalue weighted by molar-refractivity contribution is 6.34. The van der Waals surface area contributed by atoms with Crippen LogP contribution in [-0.4, -0.2) is 18.3 Å². The minimum absolute atomic E-state index is 0.0398. The number of alkyl halides is 1. The van der Waals surface area contributed by atoms with Gasteiger partial charge in [0.25, 0.3) is 0 Å². The molecule has 0 aromatic heterocycles.